The van der Waals surface area contributed by atoms with Crippen LogP contribution < -0.4 is 15.6 Å². The van der Waals surface area contributed by atoms with Gasteiger partial charge in [0.2, 0.25) is 0 Å². The van der Waals surface area contributed by atoms with Crippen LogP contribution in [0.5, 0.6) is 0 Å². The zero-order chi connectivity index (χ0) is 29.5. The van der Waals surface area contributed by atoms with E-state index in [2.05, 4.69) is 140 Å². The summed E-state index contributed by atoms with van der Waals surface area (Å²) in [5.41, 5.74) is 7.85. The fourth-order valence-corrected chi connectivity index (χ4v) is 10.7. The minimum absolute atomic E-state index is 0.667. The van der Waals surface area contributed by atoms with Crippen molar-refractivity contribution in [1.29, 1.82) is 0 Å². The Labute approximate surface area is 258 Å². The monoisotopic (exact) mass is 579 g/mol. The number of hydrogen-bond acceptors (Lipinski definition) is 3. The van der Waals surface area contributed by atoms with Crippen molar-refractivity contribution in [2.24, 2.45) is 0 Å². The molecule has 0 radical (unpaired) electrons. The van der Waals surface area contributed by atoms with Crippen LogP contribution in [0.3, 0.4) is 0 Å². The maximum Gasteiger partial charge on any atom is 0.164 e. The molecule has 0 saturated carbocycles. The van der Waals surface area contributed by atoms with Gasteiger partial charge in [0, 0.05) is 16.7 Å². The van der Waals surface area contributed by atoms with E-state index in [-0.39, 0.29) is 0 Å². The quantitative estimate of drug-likeness (QED) is 0.197. The van der Waals surface area contributed by atoms with Gasteiger partial charge in [-0.2, -0.15) is 0 Å². The van der Waals surface area contributed by atoms with Crippen LogP contribution in [0.2, 0.25) is 6.55 Å². The smallest absolute Gasteiger partial charge is 0.164 e. The summed E-state index contributed by atoms with van der Waals surface area (Å²) in [4.78, 5) is 15.3. The first-order valence-electron chi connectivity index (χ1n) is 15.0. The molecule has 4 heteroatoms. The Morgan fingerprint density at radius 1 is 0.364 bits per heavy atom. The van der Waals surface area contributed by atoms with Crippen LogP contribution in [0.4, 0.5) is 0 Å². The van der Waals surface area contributed by atoms with Crippen molar-refractivity contribution >= 4 is 23.6 Å². The molecule has 1 aromatic heterocycles. The third-order valence-electron chi connectivity index (χ3n) is 8.85. The molecule has 0 fully saturated rings. The Hall–Kier alpha value is -5.45. The highest BCUT2D eigenvalue weighted by Gasteiger charge is 2.44. The van der Waals surface area contributed by atoms with Crippen molar-refractivity contribution in [1.82, 2.24) is 15.0 Å². The van der Waals surface area contributed by atoms with Crippen molar-refractivity contribution in [2.75, 3.05) is 0 Å². The molecule has 0 bridgehead atoms. The van der Waals surface area contributed by atoms with Gasteiger partial charge in [-0.1, -0.05) is 164 Å². The highest BCUT2D eigenvalue weighted by Crippen LogP contribution is 2.36. The maximum atomic E-state index is 5.17. The normalized spacial score (nSPS) is 15.0. The average Bonchev–Trinajstić information content (AvgIpc) is 3.38. The lowest BCUT2D eigenvalue weighted by molar-refractivity contribution is 1.07. The largest absolute Gasteiger partial charge is 0.208 e. The first kappa shape index (κ1) is 26.2. The molecule has 7 aromatic rings. The second kappa shape index (κ2) is 10.7. The molecule has 0 N–H and O–H groups in total. The first-order chi connectivity index (χ1) is 21.7. The molecule has 0 spiro atoms. The highest BCUT2D eigenvalue weighted by molar-refractivity contribution is 7.13. The van der Waals surface area contributed by atoms with E-state index in [1.54, 1.807) is 0 Å². The van der Waals surface area contributed by atoms with Crippen molar-refractivity contribution in [2.45, 2.75) is 6.55 Å². The van der Waals surface area contributed by atoms with Gasteiger partial charge in [-0.05, 0) is 37.8 Å². The van der Waals surface area contributed by atoms with Crippen molar-refractivity contribution in [3.05, 3.63) is 158 Å². The van der Waals surface area contributed by atoms with E-state index in [4.69, 9.17) is 15.0 Å². The molecule has 1 aliphatic heterocycles. The van der Waals surface area contributed by atoms with E-state index in [1.807, 2.05) is 24.3 Å². The fraction of sp³-hybridized carbons (Fsp3) is 0.0250. The summed E-state index contributed by atoms with van der Waals surface area (Å²) in [5.74, 6) is 2.03. The molecule has 44 heavy (non-hydrogen) atoms. The summed E-state index contributed by atoms with van der Waals surface area (Å²) >= 11 is 0. The van der Waals surface area contributed by atoms with Crippen LogP contribution in [-0.2, 0) is 0 Å². The Morgan fingerprint density at radius 3 is 1.50 bits per heavy atom. The lowest BCUT2D eigenvalue weighted by Crippen LogP contribution is -2.62. The van der Waals surface area contributed by atoms with Gasteiger partial charge < -0.3 is 0 Å². The SMILES string of the molecule is C[Si]1(c2ccccc2)c2ccccc2-c2c(-c3nc(-c4ccccc4)nc(-c4ccc(-c5ccccc5)cc4)n3)cccc21. The minimum Gasteiger partial charge on any atom is -0.208 e. The molecule has 208 valence electrons. The molecule has 1 atom stereocenters. The molecular weight excluding hydrogens is 551 g/mol. The molecule has 6 aromatic carbocycles. The number of benzene rings is 6. The van der Waals surface area contributed by atoms with Crippen molar-refractivity contribution in [3.8, 4) is 56.4 Å². The zero-order valence-electron chi connectivity index (χ0n) is 24.4. The predicted octanol–water partition coefficient (Wildman–Crippen LogP) is 7.62. The maximum absolute atomic E-state index is 5.17. The number of rotatable bonds is 5. The van der Waals surface area contributed by atoms with Gasteiger partial charge in [0.1, 0.15) is 8.07 Å². The lowest BCUT2D eigenvalue weighted by Gasteiger charge is -2.25. The predicted molar refractivity (Wildman–Crippen MR) is 184 cm³/mol. The Balaban J connectivity index is 1.33. The Kier molecular flexibility index (Phi) is 6.35. The third kappa shape index (κ3) is 4.31. The van der Waals surface area contributed by atoms with Crippen molar-refractivity contribution in [3.63, 3.8) is 0 Å². The second-order valence-corrected chi connectivity index (χ2v) is 15.3. The zero-order valence-corrected chi connectivity index (χ0v) is 25.4. The van der Waals surface area contributed by atoms with Crippen LogP contribution in [-0.4, -0.2) is 23.0 Å². The second-order valence-electron chi connectivity index (χ2n) is 11.4. The van der Waals surface area contributed by atoms with Crippen LogP contribution in [0, 0.1) is 0 Å². The molecule has 8 rings (SSSR count). The van der Waals surface area contributed by atoms with Crippen LogP contribution in [0.25, 0.3) is 56.4 Å². The minimum atomic E-state index is -2.23. The fourth-order valence-electron chi connectivity index (χ4n) is 6.59. The molecule has 1 unspecified atom stereocenters. The van der Waals surface area contributed by atoms with Crippen molar-refractivity contribution < 1.29 is 0 Å². The molecule has 0 amide bonds. The van der Waals surface area contributed by atoms with Gasteiger partial charge in [-0.3, -0.25) is 0 Å². The first-order valence-corrected chi connectivity index (χ1v) is 17.5. The Bertz CT molecular complexity index is 2110. The van der Waals surface area contributed by atoms with Gasteiger partial charge in [-0.15, -0.1) is 0 Å². The van der Waals surface area contributed by atoms with Gasteiger partial charge in [0.15, 0.2) is 17.5 Å². The van der Waals surface area contributed by atoms with E-state index in [0.29, 0.717) is 17.5 Å². The lowest BCUT2D eigenvalue weighted by atomic mass is 9.99. The van der Waals surface area contributed by atoms with E-state index in [0.717, 1.165) is 22.3 Å². The topological polar surface area (TPSA) is 38.7 Å². The number of aromatic nitrogens is 3. The van der Waals surface area contributed by atoms with E-state index < -0.39 is 8.07 Å². The molecule has 1 aliphatic rings. The van der Waals surface area contributed by atoms with Gasteiger partial charge >= 0.3 is 0 Å². The van der Waals surface area contributed by atoms with E-state index in [1.165, 1.54) is 32.3 Å². The third-order valence-corrected chi connectivity index (χ3v) is 13.3. The van der Waals surface area contributed by atoms with Crippen LogP contribution in [0.15, 0.2) is 158 Å². The van der Waals surface area contributed by atoms with E-state index >= 15 is 0 Å². The summed E-state index contributed by atoms with van der Waals surface area (Å²) < 4.78 is 0. The highest BCUT2D eigenvalue weighted by atomic mass is 28.3. The van der Waals surface area contributed by atoms with Crippen LogP contribution in [0.1, 0.15) is 0 Å². The van der Waals surface area contributed by atoms with Gasteiger partial charge in [0.25, 0.3) is 0 Å². The number of nitrogens with zero attached hydrogens (tertiary/aromatic N) is 3. The number of hydrogen-bond donors (Lipinski definition) is 0. The summed E-state index contributed by atoms with van der Waals surface area (Å²) in [7, 11) is -2.23. The molecule has 0 aliphatic carbocycles. The Morgan fingerprint density at radius 2 is 0.818 bits per heavy atom. The molecule has 3 nitrogen and oxygen atoms in total. The van der Waals surface area contributed by atoms with Gasteiger partial charge in [-0.25, -0.2) is 15.0 Å². The summed E-state index contributed by atoms with van der Waals surface area (Å²) in [5, 5.41) is 4.24. The number of fused-ring (bicyclic) bond motifs is 3. The summed E-state index contributed by atoms with van der Waals surface area (Å²) in [6.45, 7) is 2.47. The summed E-state index contributed by atoms with van der Waals surface area (Å²) in [6, 6.07) is 55.7. The molecule has 2 heterocycles. The summed E-state index contributed by atoms with van der Waals surface area (Å²) in [6.07, 6.45) is 0. The molecule has 0 saturated heterocycles. The average molecular weight is 580 g/mol. The molecular formula is C40H29N3Si. The van der Waals surface area contributed by atoms with E-state index in [9.17, 15) is 0 Å². The van der Waals surface area contributed by atoms with Crippen LogP contribution >= 0.6 is 0 Å². The standard InChI is InChI=1S/C40H29N3Si/c1-44(32-18-9-4-10-19-32)35-22-12-11-20-33(35)37-34(21-13-23-36(37)44)40-42-38(30-16-7-3-8-17-30)41-39(43-40)31-26-24-29(25-27-31)28-14-5-2-6-15-28/h2-27H,1H3. The van der Waals surface area contributed by atoms with Gasteiger partial charge in [0.05, 0.1) is 0 Å².